The van der Waals surface area contributed by atoms with Gasteiger partial charge in [0.1, 0.15) is 18.3 Å². The number of methoxy groups -OCH3 is 1. The zero-order valence-corrected chi connectivity index (χ0v) is 25.8. The van der Waals surface area contributed by atoms with Crippen LogP contribution in [0.3, 0.4) is 0 Å². The number of benzene rings is 3. The van der Waals surface area contributed by atoms with Gasteiger partial charge in [-0.15, -0.1) is 0 Å². The maximum absolute atomic E-state index is 14.1. The van der Waals surface area contributed by atoms with Crippen LogP contribution >= 0.6 is 0 Å². The highest BCUT2D eigenvalue weighted by molar-refractivity contribution is 7.92. The molecule has 0 aliphatic carbocycles. The quantitative estimate of drug-likeness (QED) is 0.320. The van der Waals surface area contributed by atoms with Gasteiger partial charge in [-0.2, -0.15) is 0 Å². The number of carbonyl (C=O) groups excluding carboxylic acids is 2. The number of rotatable bonds is 12. The van der Waals surface area contributed by atoms with Gasteiger partial charge < -0.3 is 15.0 Å². The molecule has 0 unspecified atom stereocenters. The van der Waals surface area contributed by atoms with Gasteiger partial charge in [0.2, 0.25) is 11.8 Å². The summed E-state index contributed by atoms with van der Waals surface area (Å²) in [7, 11) is -2.56. The summed E-state index contributed by atoms with van der Waals surface area (Å²) in [6, 6.07) is 18.3. The van der Waals surface area contributed by atoms with Crippen LogP contribution < -0.4 is 14.4 Å². The summed E-state index contributed by atoms with van der Waals surface area (Å²) in [4.78, 5) is 28.8. The van der Waals surface area contributed by atoms with Crippen LogP contribution in [0.5, 0.6) is 5.75 Å². The van der Waals surface area contributed by atoms with Crippen LogP contribution in [0.25, 0.3) is 0 Å². The lowest BCUT2D eigenvalue weighted by atomic mass is 10.1. The highest BCUT2D eigenvalue weighted by atomic mass is 32.2. The first-order valence-electron chi connectivity index (χ1n) is 13.8. The van der Waals surface area contributed by atoms with E-state index in [4.69, 9.17) is 4.74 Å². The number of hydrogen-bond acceptors (Lipinski definition) is 5. The molecule has 0 aliphatic heterocycles. The molecule has 9 heteroatoms. The van der Waals surface area contributed by atoms with Crippen molar-refractivity contribution in [3.8, 4) is 5.75 Å². The molecular weight excluding hydrogens is 538 g/mol. The minimum atomic E-state index is -4.12. The second-order valence-corrected chi connectivity index (χ2v) is 12.4. The normalized spacial score (nSPS) is 12.8. The summed E-state index contributed by atoms with van der Waals surface area (Å²) in [5.41, 5.74) is 3.79. The molecule has 1 N–H and O–H groups in total. The van der Waals surface area contributed by atoms with E-state index in [-0.39, 0.29) is 23.4 Å². The first-order valence-corrected chi connectivity index (χ1v) is 15.2. The van der Waals surface area contributed by atoms with Crippen molar-refractivity contribution in [2.45, 2.75) is 71.5 Å². The SMILES string of the molecule is CC[C@@H](C)NC(=O)[C@H](C)N(Cc1cccc(OC)c1)C(=O)CN(c1cc(C)cc(C)c1)S(=O)(=O)c1ccc(C)cc1. The summed E-state index contributed by atoms with van der Waals surface area (Å²) >= 11 is 0. The number of sulfonamides is 1. The fraction of sp³-hybridized carbons (Fsp3) is 0.375. The second kappa shape index (κ2) is 13.7. The van der Waals surface area contributed by atoms with Gasteiger partial charge in [-0.1, -0.05) is 42.8 Å². The summed E-state index contributed by atoms with van der Waals surface area (Å²) in [5.74, 6) is -0.199. The number of nitrogens with one attached hydrogen (secondary N) is 1. The Hall–Kier alpha value is -3.85. The minimum Gasteiger partial charge on any atom is -0.497 e. The maximum atomic E-state index is 14.1. The molecule has 0 fully saturated rings. The third-order valence-corrected chi connectivity index (χ3v) is 8.83. The number of aryl methyl sites for hydroxylation is 3. The molecule has 2 atom stereocenters. The molecule has 0 saturated heterocycles. The molecule has 0 spiro atoms. The molecule has 3 rings (SSSR count). The fourth-order valence-corrected chi connectivity index (χ4v) is 5.87. The van der Waals surface area contributed by atoms with Gasteiger partial charge in [0.05, 0.1) is 17.7 Å². The molecule has 0 aliphatic rings. The summed E-state index contributed by atoms with van der Waals surface area (Å²) in [6.45, 7) is 10.8. The van der Waals surface area contributed by atoms with Gasteiger partial charge in [0.25, 0.3) is 10.0 Å². The topological polar surface area (TPSA) is 96.0 Å². The highest BCUT2D eigenvalue weighted by Crippen LogP contribution is 2.27. The zero-order valence-electron chi connectivity index (χ0n) is 25.0. The number of ether oxygens (including phenoxy) is 1. The molecule has 3 aromatic carbocycles. The van der Waals surface area contributed by atoms with Crippen molar-refractivity contribution in [3.05, 3.63) is 89.0 Å². The number of amides is 2. The Balaban J connectivity index is 2.07. The Morgan fingerprint density at radius 2 is 1.54 bits per heavy atom. The fourth-order valence-electron chi connectivity index (χ4n) is 4.48. The van der Waals surface area contributed by atoms with Crippen LogP contribution in [0.1, 0.15) is 49.4 Å². The zero-order chi connectivity index (χ0) is 30.3. The van der Waals surface area contributed by atoms with E-state index in [1.54, 1.807) is 62.6 Å². The van der Waals surface area contributed by atoms with E-state index < -0.39 is 28.5 Å². The van der Waals surface area contributed by atoms with Gasteiger partial charge in [-0.05, 0) is 94.1 Å². The van der Waals surface area contributed by atoms with Gasteiger partial charge in [-0.3, -0.25) is 13.9 Å². The van der Waals surface area contributed by atoms with Crippen molar-refractivity contribution < 1.29 is 22.7 Å². The Labute approximate surface area is 244 Å². The highest BCUT2D eigenvalue weighted by Gasteiger charge is 2.33. The van der Waals surface area contributed by atoms with Crippen molar-refractivity contribution in [2.24, 2.45) is 0 Å². The van der Waals surface area contributed by atoms with Crippen LogP contribution in [0, 0.1) is 20.8 Å². The largest absolute Gasteiger partial charge is 0.497 e. The number of anilines is 1. The second-order valence-electron chi connectivity index (χ2n) is 10.5. The van der Waals surface area contributed by atoms with Gasteiger partial charge in [-0.25, -0.2) is 8.42 Å². The minimum absolute atomic E-state index is 0.0765. The third-order valence-electron chi connectivity index (χ3n) is 7.04. The molecule has 220 valence electrons. The molecule has 0 radical (unpaired) electrons. The lowest BCUT2D eigenvalue weighted by Gasteiger charge is -2.32. The lowest BCUT2D eigenvalue weighted by Crippen LogP contribution is -2.52. The van der Waals surface area contributed by atoms with Crippen LogP contribution in [-0.2, 0) is 26.2 Å². The Kier molecular flexibility index (Phi) is 10.6. The van der Waals surface area contributed by atoms with E-state index in [1.165, 1.54) is 4.90 Å². The van der Waals surface area contributed by atoms with Crippen LogP contribution in [-0.4, -0.2) is 50.9 Å². The lowest BCUT2D eigenvalue weighted by molar-refractivity contribution is -0.139. The van der Waals surface area contributed by atoms with Crippen LogP contribution in [0.15, 0.2) is 71.6 Å². The van der Waals surface area contributed by atoms with Crippen LogP contribution in [0.4, 0.5) is 5.69 Å². The third kappa shape index (κ3) is 8.10. The van der Waals surface area contributed by atoms with E-state index in [1.807, 2.05) is 52.8 Å². The standard InChI is InChI=1S/C32H41N3O5S/c1-8-25(5)33-32(37)26(6)34(20-27-10-9-11-29(19-27)40-7)31(36)21-35(28-17-23(3)16-24(4)18-28)41(38,39)30-14-12-22(2)13-15-30/h9-19,25-26H,8,20-21H2,1-7H3,(H,33,37)/t25-,26+/m1/s1. The summed E-state index contributed by atoms with van der Waals surface area (Å²) in [6.07, 6.45) is 0.734. The molecular formula is C32H41N3O5S. The Bertz CT molecular complexity index is 1450. The van der Waals surface area contributed by atoms with Crippen molar-refractivity contribution >= 4 is 27.5 Å². The van der Waals surface area contributed by atoms with E-state index >= 15 is 0 Å². The summed E-state index contributed by atoms with van der Waals surface area (Å²) < 4.78 is 34.5. The van der Waals surface area contributed by atoms with E-state index in [9.17, 15) is 18.0 Å². The predicted molar refractivity (Wildman–Crippen MR) is 163 cm³/mol. The molecule has 0 heterocycles. The number of nitrogens with zero attached hydrogens (tertiary/aromatic N) is 2. The molecule has 41 heavy (non-hydrogen) atoms. The Morgan fingerprint density at radius 1 is 0.902 bits per heavy atom. The van der Waals surface area contributed by atoms with Crippen molar-refractivity contribution in [1.29, 1.82) is 0 Å². The maximum Gasteiger partial charge on any atom is 0.264 e. The molecule has 8 nitrogen and oxygen atoms in total. The average Bonchev–Trinajstić information content (AvgIpc) is 2.93. The predicted octanol–water partition coefficient (Wildman–Crippen LogP) is 5.15. The first-order chi connectivity index (χ1) is 19.3. The Morgan fingerprint density at radius 3 is 2.12 bits per heavy atom. The van der Waals surface area contributed by atoms with Gasteiger partial charge in [0.15, 0.2) is 0 Å². The van der Waals surface area contributed by atoms with E-state index in [0.29, 0.717) is 11.4 Å². The van der Waals surface area contributed by atoms with Gasteiger partial charge >= 0.3 is 0 Å². The smallest absolute Gasteiger partial charge is 0.264 e. The molecule has 0 saturated carbocycles. The van der Waals surface area contributed by atoms with E-state index in [2.05, 4.69) is 5.32 Å². The average molecular weight is 580 g/mol. The molecule has 0 aromatic heterocycles. The monoisotopic (exact) mass is 579 g/mol. The number of carbonyl (C=O) groups is 2. The van der Waals surface area contributed by atoms with Gasteiger partial charge in [0, 0.05) is 12.6 Å². The van der Waals surface area contributed by atoms with Crippen molar-refractivity contribution in [3.63, 3.8) is 0 Å². The number of hydrogen-bond donors (Lipinski definition) is 1. The van der Waals surface area contributed by atoms with Crippen molar-refractivity contribution in [2.75, 3.05) is 18.0 Å². The molecule has 0 bridgehead atoms. The van der Waals surface area contributed by atoms with Crippen LogP contribution in [0.2, 0.25) is 0 Å². The van der Waals surface area contributed by atoms with Crippen molar-refractivity contribution in [1.82, 2.24) is 10.2 Å². The molecule has 3 aromatic rings. The summed E-state index contributed by atoms with van der Waals surface area (Å²) in [5, 5.41) is 2.94. The van der Waals surface area contributed by atoms with E-state index in [0.717, 1.165) is 33.0 Å². The molecule has 2 amide bonds. The first kappa shape index (κ1) is 31.7.